The smallest absolute Gasteiger partial charge is 0.412 e. The molecule has 5 heteroatoms. The second-order valence-electron chi connectivity index (χ2n) is 2.84. The Balaban J connectivity index is 2.48. The fraction of sp³-hybridized carbons (Fsp3) is 0.111. The van der Waals surface area contributed by atoms with E-state index in [1.807, 2.05) is 0 Å². The van der Waals surface area contributed by atoms with Gasteiger partial charge in [0.2, 0.25) is 6.10 Å². The van der Waals surface area contributed by atoms with E-state index in [1.54, 1.807) is 24.3 Å². The highest BCUT2D eigenvalue weighted by Gasteiger charge is 2.31. The molecule has 1 heterocycles. The van der Waals surface area contributed by atoms with Crippen LogP contribution >= 0.6 is 0 Å². The number of cyclic esters (lactones) is 1. The molecule has 0 radical (unpaired) electrons. The van der Waals surface area contributed by atoms with Crippen molar-refractivity contribution >= 4 is 17.7 Å². The second-order valence-corrected chi connectivity index (χ2v) is 2.84. The lowest BCUT2D eigenvalue weighted by Gasteiger charge is -2.22. The van der Waals surface area contributed by atoms with Crippen molar-refractivity contribution < 1.29 is 19.4 Å². The first-order valence-electron chi connectivity index (χ1n) is 3.98. The number of nitrogens with one attached hydrogen (secondary N) is 1. The minimum absolute atomic E-state index is 0.458. The van der Waals surface area contributed by atoms with Crippen LogP contribution < -0.4 is 5.32 Å². The summed E-state index contributed by atoms with van der Waals surface area (Å²) in [5.74, 6) is -1.17. The maximum absolute atomic E-state index is 10.9. The quantitative estimate of drug-likeness (QED) is 0.706. The number of carboxylic acid groups (broad SMARTS) is 1. The van der Waals surface area contributed by atoms with Crippen LogP contribution in [0.4, 0.5) is 10.5 Å². The Kier molecular flexibility index (Phi) is 1.85. The largest absolute Gasteiger partial charge is 0.478 e. The molecule has 1 aromatic rings. The Morgan fingerprint density at radius 1 is 1.43 bits per heavy atom. The third-order valence-electron chi connectivity index (χ3n) is 1.93. The van der Waals surface area contributed by atoms with Crippen LogP contribution in [0.5, 0.6) is 0 Å². The zero-order valence-electron chi connectivity index (χ0n) is 7.06. The van der Waals surface area contributed by atoms with Crippen LogP contribution in [0.25, 0.3) is 0 Å². The molecule has 1 atom stereocenters. The predicted molar refractivity (Wildman–Crippen MR) is 46.9 cm³/mol. The molecule has 0 spiro atoms. The highest BCUT2D eigenvalue weighted by molar-refractivity contribution is 5.93. The average molecular weight is 193 g/mol. The van der Waals surface area contributed by atoms with Crippen molar-refractivity contribution in [3.8, 4) is 0 Å². The van der Waals surface area contributed by atoms with Crippen LogP contribution in [0, 0.1) is 0 Å². The number of anilines is 1. The molecule has 0 aliphatic carbocycles. The van der Waals surface area contributed by atoms with Gasteiger partial charge in [-0.3, -0.25) is 5.32 Å². The van der Waals surface area contributed by atoms with Gasteiger partial charge in [-0.05, 0) is 6.07 Å². The molecule has 1 aliphatic heterocycles. The summed E-state index contributed by atoms with van der Waals surface area (Å²) in [7, 11) is 0. The third-order valence-corrected chi connectivity index (χ3v) is 1.93. The third kappa shape index (κ3) is 1.28. The molecular formula is C9H7NO4. The molecule has 0 saturated heterocycles. The van der Waals surface area contributed by atoms with E-state index in [2.05, 4.69) is 10.1 Å². The molecule has 72 valence electrons. The van der Waals surface area contributed by atoms with Crippen molar-refractivity contribution in [1.82, 2.24) is 0 Å². The van der Waals surface area contributed by atoms with Crippen molar-refractivity contribution in [2.24, 2.45) is 0 Å². The normalized spacial score (nSPS) is 19.1. The van der Waals surface area contributed by atoms with Crippen molar-refractivity contribution in [3.63, 3.8) is 0 Å². The lowest BCUT2D eigenvalue weighted by molar-refractivity contribution is -0.147. The van der Waals surface area contributed by atoms with E-state index >= 15 is 0 Å². The number of ether oxygens (including phenoxy) is 1. The average Bonchev–Trinajstić information content (AvgIpc) is 2.16. The number of hydrogen-bond donors (Lipinski definition) is 2. The monoisotopic (exact) mass is 193 g/mol. The minimum atomic E-state index is -1.21. The molecule has 1 aromatic carbocycles. The number of rotatable bonds is 1. The summed E-state index contributed by atoms with van der Waals surface area (Å²) in [5, 5.41) is 11.2. The van der Waals surface area contributed by atoms with Crippen molar-refractivity contribution in [3.05, 3.63) is 29.8 Å². The van der Waals surface area contributed by atoms with E-state index in [0.29, 0.717) is 11.3 Å². The second kappa shape index (κ2) is 3.02. The van der Waals surface area contributed by atoms with Gasteiger partial charge < -0.3 is 9.84 Å². The number of carbonyl (C=O) groups is 2. The summed E-state index contributed by atoms with van der Waals surface area (Å²) in [6, 6.07) is 6.64. The number of amides is 1. The van der Waals surface area contributed by atoms with E-state index in [0.717, 1.165) is 0 Å². The molecule has 0 fully saturated rings. The van der Waals surface area contributed by atoms with Crippen LogP contribution in [0.3, 0.4) is 0 Å². The lowest BCUT2D eigenvalue weighted by atomic mass is 10.1. The summed E-state index contributed by atoms with van der Waals surface area (Å²) in [6.45, 7) is 0. The van der Waals surface area contributed by atoms with Crippen LogP contribution in [0.15, 0.2) is 24.3 Å². The minimum Gasteiger partial charge on any atom is -0.478 e. The maximum atomic E-state index is 10.9. The van der Waals surface area contributed by atoms with E-state index in [9.17, 15) is 9.59 Å². The van der Waals surface area contributed by atoms with Crippen LogP contribution in [-0.2, 0) is 9.53 Å². The molecule has 0 aromatic heterocycles. The molecule has 14 heavy (non-hydrogen) atoms. The number of aliphatic carboxylic acids is 1. The van der Waals surface area contributed by atoms with Crippen LogP contribution in [0.2, 0.25) is 0 Å². The molecule has 1 aliphatic rings. The van der Waals surface area contributed by atoms with Gasteiger partial charge in [0.1, 0.15) is 0 Å². The highest BCUT2D eigenvalue weighted by Crippen LogP contribution is 2.30. The van der Waals surface area contributed by atoms with Crippen LogP contribution in [0.1, 0.15) is 11.7 Å². The number of hydrogen-bond acceptors (Lipinski definition) is 3. The Hall–Kier alpha value is -2.04. The van der Waals surface area contributed by atoms with E-state index < -0.39 is 18.2 Å². The zero-order valence-corrected chi connectivity index (χ0v) is 7.06. The molecule has 0 bridgehead atoms. The summed E-state index contributed by atoms with van der Waals surface area (Å²) >= 11 is 0. The van der Waals surface area contributed by atoms with Gasteiger partial charge in [0.15, 0.2) is 0 Å². The van der Waals surface area contributed by atoms with Crippen molar-refractivity contribution in [2.75, 3.05) is 5.32 Å². The van der Waals surface area contributed by atoms with Gasteiger partial charge in [-0.1, -0.05) is 18.2 Å². The maximum Gasteiger partial charge on any atom is 0.412 e. The van der Waals surface area contributed by atoms with Gasteiger partial charge in [-0.15, -0.1) is 0 Å². The molecule has 2 N–H and O–H groups in total. The predicted octanol–water partition coefficient (Wildman–Crippen LogP) is 1.37. The molecule has 5 nitrogen and oxygen atoms in total. The topological polar surface area (TPSA) is 75.6 Å². The van der Waals surface area contributed by atoms with Gasteiger partial charge in [0.25, 0.3) is 0 Å². The van der Waals surface area contributed by atoms with Gasteiger partial charge >= 0.3 is 12.1 Å². The Morgan fingerprint density at radius 2 is 2.14 bits per heavy atom. The molecule has 0 saturated carbocycles. The fourth-order valence-corrected chi connectivity index (χ4v) is 1.33. The first-order chi connectivity index (χ1) is 6.68. The number of carboxylic acids is 1. The summed E-state index contributed by atoms with van der Waals surface area (Å²) in [6.07, 6.45) is -1.95. The van der Waals surface area contributed by atoms with Gasteiger partial charge in [0.05, 0.1) is 5.69 Å². The molecule has 2 rings (SSSR count). The first-order valence-corrected chi connectivity index (χ1v) is 3.98. The zero-order chi connectivity index (χ0) is 10.1. The van der Waals surface area contributed by atoms with Gasteiger partial charge in [-0.25, -0.2) is 9.59 Å². The Morgan fingerprint density at radius 3 is 2.86 bits per heavy atom. The number of benzene rings is 1. The van der Waals surface area contributed by atoms with E-state index in [1.165, 1.54) is 0 Å². The van der Waals surface area contributed by atoms with Crippen molar-refractivity contribution in [1.29, 1.82) is 0 Å². The van der Waals surface area contributed by atoms with E-state index in [4.69, 9.17) is 5.11 Å². The standard InChI is InChI=1S/C9H7NO4/c11-8(12)7-5-3-1-2-4-6(5)10-9(13)14-7/h1-4,7H,(H,10,13)(H,11,12). The van der Waals surface area contributed by atoms with Gasteiger partial charge in [0, 0.05) is 5.56 Å². The van der Waals surface area contributed by atoms with E-state index in [-0.39, 0.29) is 0 Å². The lowest BCUT2D eigenvalue weighted by Crippen LogP contribution is -2.28. The fourth-order valence-electron chi connectivity index (χ4n) is 1.33. The Bertz CT molecular complexity index is 402. The van der Waals surface area contributed by atoms with Crippen LogP contribution in [-0.4, -0.2) is 17.2 Å². The molecule has 1 amide bonds. The van der Waals surface area contributed by atoms with Crippen molar-refractivity contribution in [2.45, 2.75) is 6.10 Å². The Labute approximate surface area is 79.3 Å². The molecule has 1 unspecified atom stereocenters. The highest BCUT2D eigenvalue weighted by atomic mass is 16.6. The SMILES string of the molecule is O=C1Nc2ccccc2C(C(=O)O)O1. The van der Waals surface area contributed by atoms with Gasteiger partial charge in [-0.2, -0.15) is 0 Å². The number of para-hydroxylation sites is 1. The first kappa shape index (κ1) is 8.55. The summed E-state index contributed by atoms with van der Waals surface area (Å²) < 4.78 is 4.62. The molecular weight excluding hydrogens is 186 g/mol. The number of carbonyl (C=O) groups excluding carboxylic acids is 1. The summed E-state index contributed by atoms with van der Waals surface area (Å²) in [4.78, 5) is 21.7. The summed E-state index contributed by atoms with van der Waals surface area (Å²) in [5.41, 5.74) is 0.941. The number of fused-ring (bicyclic) bond motifs is 1.